The molecule has 5 atom stereocenters. The average molecular weight is 226 g/mol. The van der Waals surface area contributed by atoms with Gasteiger partial charge in [-0.05, 0) is 6.92 Å². The van der Waals surface area contributed by atoms with Crippen molar-refractivity contribution >= 4 is 19.8 Å². The highest BCUT2D eigenvalue weighted by Gasteiger charge is 2.76. The fourth-order valence-electron chi connectivity index (χ4n) is 2.57. The summed E-state index contributed by atoms with van der Waals surface area (Å²) in [5.41, 5.74) is -0.378. The van der Waals surface area contributed by atoms with Gasteiger partial charge in [0.05, 0.1) is 11.4 Å². The molecule has 0 spiro atoms. The van der Waals surface area contributed by atoms with Crippen LogP contribution in [0.3, 0.4) is 0 Å². The molecule has 16 heavy (non-hydrogen) atoms. The Kier molecular flexibility index (Phi) is 2.49. The van der Waals surface area contributed by atoms with Gasteiger partial charge in [-0.3, -0.25) is 9.59 Å². The number of ether oxygens (including phenoxy) is 3. The van der Waals surface area contributed by atoms with Gasteiger partial charge in [0.1, 0.15) is 26.2 Å². The zero-order valence-electron chi connectivity index (χ0n) is 9.85. The molecule has 0 bridgehead atoms. The van der Waals surface area contributed by atoms with Crippen LogP contribution in [-0.4, -0.2) is 44.1 Å². The minimum absolute atomic E-state index is 0.143. The number of carbonyl (C=O) groups excluding carboxylic acids is 2. The number of rotatable bonds is 2. The Labute approximate surface area is 94.8 Å². The number of hydrogen-bond donors (Lipinski definition) is 0. The molecule has 0 aromatic rings. The summed E-state index contributed by atoms with van der Waals surface area (Å²) in [5.74, 6) is -0.672. The Morgan fingerprint density at radius 3 is 2.19 bits per heavy atom. The molecular weight excluding hydrogens is 211 g/mol. The van der Waals surface area contributed by atoms with Crippen LogP contribution in [0, 0.1) is 5.41 Å². The minimum Gasteiger partial charge on any atom is -0.460 e. The van der Waals surface area contributed by atoms with Crippen molar-refractivity contribution in [1.82, 2.24) is 0 Å². The summed E-state index contributed by atoms with van der Waals surface area (Å²) in [6.45, 7) is 4.65. The molecule has 0 radical (unpaired) electrons. The largest absolute Gasteiger partial charge is 0.460 e. The van der Waals surface area contributed by atoms with E-state index in [4.69, 9.17) is 14.2 Å². The van der Waals surface area contributed by atoms with Crippen LogP contribution < -0.4 is 0 Å². The van der Waals surface area contributed by atoms with E-state index >= 15 is 0 Å². The lowest BCUT2D eigenvalue weighted by atomic mass is 9.86. The van der Waals surface area contributed by atoms with Crippen molar-refractivity contribution in [1.29, 1.82) is 0 Å². The van der Waals surface area contributed by atoms with Crippen molar-refractivity contribution in [3.8, 4) is 0 Å². The smallest absolute Gasteiger partial charge is 0.303 e. The van der Waals surface area contributed by atoms with Crippen LogP contribution >= 0.6 is 0 Å². The van der Waals surface area contributed by atoms with Crippen molar-refractivity contribution in [2.45, 2.75) is 45.1 Å². The highest BCUT2D eigenvalue weighted by atomic mass is 16.6. The van der Waals surface area contributed by atoms with Crippen molar-refractivity contribution in [3.05, 3.63) is 0 Å². The van der Waals surface area contributed by atoms with Crippen LogP contribution in [0.2, 0.25) is 0 Å². The summed E-state index contributed by atoms with van der Waals surface area (Å²) in [6, 6.07) is -0.147. The molecule has 0 aromatic carbocycles. The van der Waals surface area contributed by atoms with E-state index in [-0.39, 0.29) is 41.7 Å². The van der Waals surface area contributed by atoms with E-state index in [2.05, 4.69) is 0 Å². The topological polar surface area (TPSA) is 61.8 Å². The molecule has 1 saturated heterocycles. The summed E-state index contributed by atoms with van der Waals surface area (Å²) in [5, 5.41) is 0. The van der Waals surface area contributed by atoms with E-state index in [0.717, 1.165) is 0 Å². The van der Waals surface area contributed by atoms with Crippen LogP contribution in [0.15, 0.2) is 0 Å². The molecule has 6 heteroatoms. The van der Waals surface area contributed by atoms with Gasteiger partial charge in [0.15, 0.2) is 0 Å². The third-order valence-electron chi connectivity index (χ3n) is 3.38. The van der Waals surface area contributed by atoms with Crippen LogP contribution in [0.4, 0.5) is 0 Å². The number of esters is 2. The Morgan fingerprint density at radius 2 is 1.69 bits per heavy atom. The molecule has 0 amide bonds. The SMILES string of the molecule is B[C@@H]1O[C@@H]2C(OC(C)=O)[C@]2(C)[C@H]1OC(C)=O. The molecule has 1 aliphatic heterocycles. The third kappa shape index (κ3) is 1.52. The van der Waals surface area contributed by atoms with Crippen LogP contribution in [0.25, 0.3) is 0 Å². The van der Waals surface area contributed by atoms with Crippen molar-refractivity contribution in [2.24, 2.45) is 5.41 Å². The first-order valence-corrected chi connectivity index (χ1v) is 5.37. The average Bonchev–Trinajstić information content (AvgIpc) is 2.57. The van der Waals surface area contributed by atoms with E-state index in [1.54, 1.807) is 0 Å². The molecule has 0 aromatic heterocycles. The number of fused-ring (bicyclic) bond motifs is 1. The highest BCUT2D eigenvalue weighted by molar-refractivity contribution is 6.12. The molecule has 88 valence electrons. The molecule has 1 saturated carbocycles. The van der Waals surface area contributed by atoms with Gasteiger partial charge in [-0.2, -0.15) is 0 Å². The Balaban J connectivity index is 2.08. The molecule has 1 aliphatic carbocycles. The molecule has 2 rings (SSSR count). The van der Waals surface area contributed by atoms with Crippen molar-refractivity contribution in [3.63, 3.8) is 0 Å². The summed E-state index contributed by atoms with van der Waals surface area (Å²) < 4.78 is 16.0. The molecule has 1 heterocycles. The second-order valence-corrected chi connectivity index (χ2v) is 4.69. The van der Waals surface area contributed by atoms with Crippen LogP contribution in [-0.2, 0) is 23.8 Å². The lowest BCUT2D eigenvalue weighted by Gasteiger charge is -2.24. The van der Waals surface area contributed by atoms with Crippen molar-refractivity contribution < 1.29 is 23.8 Å². The lowest BCUT2D eigenvalue weighted by Crippen LogP contribution is -2.38. The molecular formula is C10H15BO5. The van der Waals surface area contributed by atoms with E-state index in [1.165, 1.54) is 13.8 Å². The van der Waals surface area contributed by atoms with Gasteiger partial charge in [0.25, 0.3) is 0 Å². The van der Waals surface area contributed by atoms with E-state index in [1.807, 2.05) is 14.8 Å². The maximum atomic E-state index is 11.0. The molecule has 1 unspecified atom stereocenters. The van der Waals surface area contributed by atoms with Crippen LogP contribution in [0.5, 0.6) is 0 Å². The van der Waals surface area contributed by atoms with Crippen molar-refractivity contribution in [2.75, 3.05) is 0 Å². The minimum atomic E-state index is -0.378. The van der Waals surface area contributed by atoms with E-state index < -0.39 is 0 Å². The predicted molar refractivity (Wildman–Crippen MR) is 56.4 cm³/mol. The fraction of sp³-hybridized carbons (Fsp3) is 0.800. The quantitative estimate of drug-likeness (QED) is 0.457. The maximum absolute atomic E-state index is 11.0. The standard InChI is InChI=1S/C10H15BO5/c1-4(12)14-6-7-10(6,3)8(9(11)16-7)15-5(2)13/h6-9H,11H2,1-3H3/t6?,7-,8+,9-,10+/m1/s1. The molecule has 5 nitrogen and oxygen atoms in total. The van der Waals surface area contributed by atoms with E-state index in [9.17, 15) is 9.59 Å². The lowest BCUT2D eigenvalue weighted by molar-refractivity contribution is -0.156. The second kappa shape index (κ2) is 3.48. The maximum Gasteiger partial charge on any atom is 0.303 e. The first kappa shape index (κ1) is 11.5. The predicted octanol–water partition coefficient (Wildman–Crippen LogP) is -0.772. The van der Waals surface area contributed by atoms with Gasteiger partial charge < -0.3 is 14.2 Å². The second-order valence-electron chi connectivity index (χ2n) is 4.69. The number of carbonyl (C=O) groups is 2. The summed E-state index contributed by atoms with van der Waals surface area (Å²) >= 11 is 0. The first-order chi connectivity index (χ1) is 7.37. The zero-order valence-corrected chi connectivity index (χ0v) is 9.85. The normalized spacial score (nSPS) is 44.7. The Morgan fingerprint density at radius 1 is 1.19 bits per heavy atom. The van der Waals surface area contributed by atoms with E-state index in [0.29, 0.717) is 0 Å². The van der Waals surface area contributed by atoms with Gasteiger partial charge in [0, 0.05) is 13.8 Å². The monoisotopic (exact) mass is 226 g/mol. The molecule has 2 fully saturated rings. The Hall–Kier alpha value is -1.04. The first-order valence-electron chi connectivity index (χ1n) is 5.37. The molecule has 0 N–H and O–H groups in total. The summed E-state index contributed by atoms with van der Waals surface area (Å²) in [4.78, 5) is 21.9. The van der Waals surface area contributed by atoms with Crippen LogP contribution in [0.1, 0.15) is 20.8 Å². The Bertz CT molecular complexity index is 344. The summed E-state index contributed by atoms with van der Waals surface area (Å²) in [7, 11) is 1.86. The molecule has 2 aliphatic rings. The number of hydrogen-bond acceptors (Lipinski definition) is 5. The summed E-state index contributed by atoms with van der Waals surface area (Å²) in [6.07, 6.45) is -0.763. The van der Waals surface area contributed by atoms with Gasteiger partial charge >= 0.3 is 11.9 Å². The van der Waals surface area contributed by atoms with Gasteiger partial charge in [0.2, 0.25) is 0 Å². The highest BCUT2D eigenvalue weighted by Crippen LogP contribution is 2.60. The van der Waals surface area contributed by atoms with Gasteiger partial charge in [-0.1, -0.05) is 0 Å². The fourth-order valence-corrected chi connectivity index (χ4v) is 2.57. The van der Waals surface area contributed by atoms with Gasteiger partial charge in [-0.15, -0.1) is 0 Å². The third-order valence-corrected chi connectivity index (χ3v) is 3.38. The zero-order chi connectivity index (χ0) is 12.1. The van der Waals surface area contributed by atoms with Gasteiger partial charge in [-0.25, -0.2) is 0 Å².